The first kappa shape index (κ1) is 32.3. The van der Waals surface area contributed by atoms with Crippen LogP contribution < -0.4 is 20.7 Å². The Balaban J connectivity index is 1.61. The molecule has 0 saturated carbocycles. The van der Waals surface area contributed by atoms with E-state index in [0.717, 1.165) is 17.4 Å². The molecule has 3 N–H and O–H groups in total. The van der Waals surface area contributed by atoms with Crippen molar-refractivity contribution in [2.24, 2.45) is 0 Å². The van der Waals surface area contributed by atoms with E-state index < -0.39 is 36.5 Å². The molecule has 2 unspecified atom stereocenters. The highest BCUT2D eigenvalue weighted by molar-refractivity contribution is 7.20. The van der Waals surface area contributed by atoms with Gasteiger partial charge >= 0.3 is 6.18 Å². The summed E-state index contributed by atoms with van der Waals surface area (Å²) in [6, 6.07) is 6.91. The lowest BCUT2D eigenvalue weighted by Gasteiger charge is -2.33. The molecule has 2 heterocycles. The van der Waals surface area contributed by atoms with Crippen LogP contribution in [0.2, 0.25) is 0 Å². The number of halogens is 5. The van der Waals surface area contributed by atoms with Crippen LogP contribution >= 0.6 is 11.3 Å². The van der Waals surface area contributed by atoms with Crippen molar-refractivity contribution in [1.29, 1.82) is 0 Å². The molecule has 43 heavy (non-hydrogen) atoms. The lowest BCUT2D eigenvalue weighted by Crippen LogP contribution is -2.46. The van der Waals surface area contributed by atoms with Gasteiger partial charge in [-0.15, -0.1) is 11.3 Å². The van der Waals surface area contributed by atoms with Crippen molar-refractivity contribution in [1.82, 2.24) is 10.2 Å². The molecule has 4 rings (SSSR count). The van der Waals surface area contributed by atoms with Gasteiger partial charge in [-0.1, -0.05) is 24.0 Å². The molecule has 0 aliphatic carbocycles. The topological polar surface area (TPSA) is 74.9 Å². The summed E-state index contributed by atoms with van der Waals surface area (Å²) in [5.74, 6) is 4.44. The Morgan fingerprint density at radius 3 is 2.70 bits per heavy atom. The molecule has 3 aromatic rings. The number of nitrogens with zero attached hydrogens (tertiary/aromatic N) is 1. The van der Waals surface area contributed by atoms with Crippen LogP contribution in [0.5, 0.6) is 5.75 Å². The summed E-state index contributed by atoms with van der Waals surface area (Å²) in [5.41, 5.74) is 0.623. The number of benzene rings is 2. The molecule has 1 aliphatic heterocycles. The van der Waals surface area contributed by atoms with Crippen molar-refractivity contribution in [2.45, 2.75) is 31.2 Å². The second-order valence-corrected chi connectivity index (χ2v) is 11.1. The van der Waals surface area contributed by atoms with Crippen molar-refractivity contribution in [2.75, 3.05) is 64.7 Å². The predicted molar refractivity (Wildman–Crippen MR) is 159 cm³/mol. The third kappa shape index (κ3) is 8.28. The van der Waals surface area contributed by atoms with E-state index in [1.807, 2.05) is 11.9 Å². The molecule has 0 radical (unpaired) electrons. The maximum Gasteiger partial charge on any atom is 0.393 e. The molecule has 1 aliphatic rings. The molecule has 1 fully saturated rings. The molecular formula is C30H33F5N4O3S. The zero-order valence-electron chi connectivity index (χ0n) is 24.0. The first-order valence-electron chi connectivity index (χ1n) is 13.6. The minimum atomic E-state index is -4.47. The third-order valence-corrected chi connectivity index (χ3v) is 8.13. The highest BCUT2D eigenvalue weighted by Gasteiger charge is 2.32. The number of thiophene rings is 1. The number of amides is 1. The molecule has 0 bridgehead atoms. The summed E-state index contributed by atoms with van der Waals surface area (Å²) in [6.45, 7) is 1.32. The lowest BCUT2D eigenvalue weighted by atomic mass is 10.0. The Bertz CT molecular complexity index is 1500. The van der Waals surface area contributed by atoms with Crippen LogP contribution in [-0.2, 0) is 11.2 Å². The average Bonchev–Trinajstić information content (AvgIpc) is 3.29. The molecule has 0 spiro atoms. The van der Waals surface area contributed by atoms with Gasteiger partial charge in [0.25, 0.3) is 5.91 Å². The van der Waals surface area contributed by atoms with Gasteiger partial charge in [0.2, 0.25) is 0 Å². The predicted octanol–water partition coefficient (Wildman–Crippen LogP) is 5.45. The number of hydrogen-bond acceptors (Lipinski definition) is 7. The monoisotopic (exact) mass is 624 g/mol. The first-order chi connectivity index (χ1) is 20.5. The van der Waals surface area contributed by atoms with E-state index in [1.54, 1.807) is 18.2 Å². The number of piperidine rings is 1. The zero-order chi connectivity index (χ0) is 31.1. The summed E-state index contributed by atoms with van der Waals surface area (Å²) in [6.07, 6.45) is -6.19. The molecule has 1 saturated heterocycles. The number of methoxy groups -OCH3 is 1. The van der Waals surface area contributed by atoms with Crippen LogP contribution in [0.1, 0.15) is 27.2 Å². The Hall–Kier alpha value is -3.60. The van der Waals surface area contributed by atoms with E-state index >= 15 is 0 Å². The van der Waals surface area contributed by atoms with Crippen LogP contribution in [0, 0.1) is 17.7 Å². The van der Waals surface area contributed by atoms with Gasteiger partial charge in [0.15, 0.2) is 0 Å². The summed E-state index contributed by atoms with van der Waals surface area (Å²) < 4.78 is 81.4. The summed E-state index contributed by atoms with van der Waals surface area (Å²) in [4.78, 5) is 14.2. The van der Waals surface area contributed by atoms with E-state index in [-0.39, 0.29) is 53.7 Å². The average molecular weight is 625 g/mol. The van der Waals surface area contributed by atoms with Gasteiger partial charge in [0.05, 0.1) is 52.1 Å². The minimum Gasteiger partial charge on any atom is -0.489 e. The van der Waals surface area contributed by atoms with Crippen LogP contribution in [0.3, 0.4) is 0 Å². The summed E-state index contributed by atoms with van der Waals surface area (Å²) in [5, 5.41) is 8.91. The zero-order valence-corrected chi connectivity index (χ0v) is 24.8. The number of fused-ring (bicyclic) bond motifs is 1. The van der Waals surface area contributed by atoms with E-state index in [4.69, 9.17) is 9.47 Å². The third-order valence-electron chi connectivity index (χ3n) is 6.94. The Labute approximate surface area is 250 Å². The standard InChI is InChI=1S/C30H33F5N4O3S/c1-36-29(40)19-14-26(42-13-12-41-3)25(15-21(19)31)37-10-5-8-27-20(16-30(33,34)35)18-6-4-7-24(28(18)43-27)38-23-9-11-39(2)17-22(23)32/h4,6-7,14-15,22-23,37-38H,9-13,16-17H2,1-3H3,(H,36,40). The van der Waals surface area contributed by atoms with Crippen molar-refractivity contribution in [3.63, 3.8) is 0 Å². The van der Waals surface area contributed by atoms with E-state index in [2.05, 4.69) is 27.8 Å². The molecular weight excluding hydrogens is 591 g/mol. The van der Waals surface area contributed by atoms with Gasteiger partial charge in [-0.3, -0.25) is 4.79 Å². The van der Waals surface area contributed by atoms with Gasteiger partial charge < -0.3 is 30.3 Å². The fourth-order valence-electron chi connectivity index (χ4n) is 4.80. The maximum absolute atomic E-state index is 14.7. The van der Waals surface area contributed by atoms with Gasteiger partial charge in [-0.05, 0) is 36.6 Å². The quantitative estimate of drug-likeness (QED) is 0.158. The number of ether oxygens (including phenoxy) is 2. The second-order valence-electron chi connectivity index (χ2n) is 10.1. The van der Waals surface area contributed by atoms with Gasteiger partial charge in [-0.25, -0.2) is 8.78 Å². The van der Waals surface area contributed by atoms with Crippen LogP contribution in [0.4, 0.5) is 33.3 Å². The number of likely N-dealkylation sites (tertiary alicyclic amines) is 1. The Morgan fingerprint density at radius 1 is 1.21 bits per heavy atom. The fraction of sp³-hybridized carbons (Fsp3) is 0.433. The van der Waals surface area contributed by atoms with E-state index in [9.17, 15) is 26.7 Å². The Kier molecular flexibility index (Phi) is 10.7. The van der Waals surface area contributed by atoms with E-state index in [1.165, 1.54) is 20.2 Å². The number of alkyl halides is 4. The number of carbonyl (C=O) groups is 1. The molecule has 232 valence electrons. The van der Waals surface area contributed by atoms with Gasteiger partial charge in [-0.2, -0.15) is 13.2 Å². The number of anilines is 2. The molecule has 7 nitrogen and oxygen atoms in total. The summed E-state index contributed by atoms with van der Waals surface area (Å²) in [7, 11) is 4.71. The normalized spacial score (nSPS) is 17.3. The number of carbonyl (C=O) groups excluding carboxylic acids is 1. The van der Waals surface area contributed by atoms with Crippen LogP contribution in [-0.4, -0.2) is 83.3 Å². The largest absolute Gasteiger partial charge is 0.489 e. The summed E-state index contributed by atoms with van der Waals surface area (Å²) >= 11 is 1.11. The van der Waals surface area contributed by atoms with Crippen molar-refractivity contribution >= 4 is 38.7 Å². The lowest BCUT2D eigenvalue weighted by molar-refractivity contribution is -0.126. The van der Waals surface area contributed by atoms with Crippen molar-refractivity contribution in [3.8, 4) is 17.6 Å². The second kappa shape index (κ2) is 14.2. The van der Waals surface area contributed by atoms with Crippen LogP contribution in [0.15, 0.2) is 30.3 Å². The van der Waals surface area contributed by atoms with Crippen molar-refractivity contribution in [3.05, 3.63) is 52.2 Å². The molecule has 1 amide bonds. The SMILES string of the molecule is CNC(=O)c1cc(OCCOC)c(NCC#Cc2sc3c(NC4CCN(C)CC4F)cccc3c2CC(F)(F)F)cc1F. The minimum absolute atomic E-state index is 0.0494. The highest BCUT2D eigenvalue weighted by Crippen LogP contribution is 2.39. The first-order valence-corrected chi connectivity index (χ1v) is 14.4. The van der Waals surface area contributed by atoms with Crippen LogP contribution in [0.25, 0.3) is 10.1 Å². The molecule has 13 heteroatoms. The van der Waals surface area contributed by atoms with Gasteiger partial charge in [0, 0.05) is 33.3 Å². The molecule has 2 aromatic carbocycles. The maximum atomic E-state index is 14.7. The number of nitrogens with one attached hydrogen (secondary N) is 3. The van der Waals surface area contributed by atoms with Gasteiger partial charge in [0.1, 0.15) is 24.3 Å². The molecule has 1 aromatic heterocycles. The highest BCUT2D eigenvalue weighted by atomic mass is 32.1. The molecule has 2 atom stereocenters. The van der Waals surface area contributed by atoms with Crippen molar-refractivity contribution < 1.29 is 36.2 Å². The number of rotatable bonds is 10. The Morgan fingerprint density at radius 2 is 2.00 bits per heavy atom. The van der Waals surface area contributed by atoms with E-state index in [0.29, 0.717) is 28.7 Å². The smallest absolute Gasteiger partial charge is 0.393 e. The fourth-order valence-corrected chi connectivity index (χ4v) is 5.97. The number of hydrogen-bond donors (Lipinski definition) is 3.